The van der Waals surface area contributed by atoms with E-state index < -0.39 is 12.1 Å². The number of carbonyl (C=O) groups excluding carboxylic acids is 1. The van der Waals surface area contributed by atoms with Gasteiger partial charge in [-0.25, -0.2) is 4.79 Å². The molecule has 0 aromatic heterocycles. The summed E-state index contributed by atoms with van der Waals surface area (Å²) >= 11 is 0. The van der Waals surface area contributed by atoms with Crippen molar-refractivity contribution in [1.82, 2.24) is 0 Å². The van der Waals surface area contributed by atoms with Crippen LogP contribution in [0.4, 0.5) is 0 Å². The fourth-order valence-corrected chi connectivity index (χ4v) is 1.13. The number of nitrogens with one attached hydrogen (secondary N) is 1. The molecule has 0 aliphatic rings. The number of rotatable bonds is 4. The number of carbonyl (C=O) groups is 1. The van der Waals surface area contributed by atoms with Crippen molar-refractivity contribution < 1.29 is 14.3 Å². The van der Waals surface area contributed by atoms with Crippen LogP contribution in [0.1, 0.15) is 24.2 Å². The lowest BCUT2D eigenvalue weighted by Crippen LogP contribution is -2.25. The third-order valence-electron chi connectivity index (χ3n) is 1.96. The van der Waals surface area contributed by atoms with E-state index in [-0.39, 0.29) is 5.90 Å². The van der Waals surface area contributed by atoms with Gasteiger partial charge < -0.3 is 9.47 Å². The summed E-state index contributed by atoms with van der Waals surface area (Å²) in [5, 5.41) is 7.45. The predicted molar refractivity (Wildman–Crippen MR) is 60.7 cm³/mol. The Kier molecular flexibility index (Phi) is 4.51. The van der Waals surface area contributed by atoms with E-state index in [1.165, 1.54) is 0 Å². The van der Waals surface area contributed by atoms with Crippen LogP contribution in [0, 0.1) is 5.41 Å². The number of esters is 1. The van der Waals surface area contributed by atoms with Crippen LogP contribution in [0.15, 0.2) is 30.3 Å². The summed E-state index contributed by atoms with van der Waals surface area (Å²) in [7, 11) is 0. The van der Waals surface area contributed by atoms with Crippen LogP contribution in [0.25, 0.3) is 0 Å². The lowest BCUT2D eigenvalue weighted by Gasteiger charge is -2.14. The molecule has 4 nitrogen and oxygen atoms in total. The minimum absolute atomic E-state index is 0.0354. The van der Waals surface area contributed by atoms with Crippen molar-refractivity contribution in [3.63, 3.8) is 0 Å². The van der Waals surface area contributed by atoms with Crippen molar-refractivity contribution in [3.8, 4) is 0 Å². The van der Waals surface area contributed by atoms with Gasteiger partial charge in [-0.15, -0.1) is 0 Å². The van der Waals surface area contributed by atoms with Crippen LogP contribution < -0.4 is 0 Å². The summed E-state index contributed by atoms with van der Waals surface area (Å²) in [6, 6.07) is 8.67. The van der Waals surface area contributed by atoms with Crippen LogP contribution >= 0.6 is 0 Å². The molecule has 0 aliphatic heterocycles. The summed E-state index contributed by atoms with van der Waals surface area (Å²) in [4.78, 5) is 11.6. The number of hydrogen-bond acceptors (Lipinski definition) is 4. The monoisotopic (exact) mass is 221 g/mol. The quantitative estimate of drug-likeness (QED) is 0.482. The highest BCUT2D eigenvalue weighted by Crippen LogP contribution is 2.04. The number of benzene rings is 1. The van der Waals surface area contributed by atoms with Crippen LogP contribution in [0.5, 0.6) is 0 Å². The summed E-state index contributed by atoms with van der Waals surface area (Å²) in [6.45, 7) is 3.78. The van der Waals surface area contributed by atoms with Gasteiger partial charge in [0, 0.05) is 0 Å². The predicted octanol–water partition coefficient (Wildman–Crippen LogP) is 2.25. The van der Waals surface area contributed by atoms with Crippen molar-refractivity contribution in [2.45, 2.75) is 20.0 Å². The van der Waals surface area contributed by atoms with Crippen LogP contribution in [0.3, 0.4) is 0 Å². The largest absolute Gasteiger partial charge is 0.479 e. The molecule has 1 aromatic rings. The van der Waals surface area contributed by atoms with Crippen LogP contribution in [0.2, 0.25) is 0 Å². The van der Waals surface area contributed by atoms with E-state index >= 15 is 0 Å². The van der Waals surface area contributed by atoms with Crippen molar-refractivity contribution >= 4 is 11.9 Å². The fourth-order valence-electron chi connectivity index (χ4n) is 1.13. The first kappa shape index (κ1) is 12.2. The lowest BCUT2D eigenvalue weighted by molar-refractivity contribution is 0.0411. The zero-order valence-electron chi connectivity index (χ0n) is 9.40. The fraction of sp³-hybridized carbons (Fsp3) is 0.333. The minimum atomic E-state index is -0.660. The summed E-state index contributed by atoms with van der Waals surface area (Å²) in [5.41, 5.74) is 0.471. The number of ether oxygens (including phenoxy) is 2. The molecular weight excluding hydrogens is 206 g/mol. The van der Waals surface area contributed by atoms with Gasteiger partial charge in [-0.2, -0.15) is 0 Å². The van der Waals surface area contributed by atoms with E-state index in [0.717, 1.165) is 0 Å². The Morgan fingerprint density at radius 1 is 1.38 bits per heavy atom. The zero-order chi connectivity index (χ0) is 12.0. The molecule has 0 heterocycles. The molecule has 4 heteroatoms. The van der Waals surface area contributed by atoms with Gasteiger partial charge in [0.05, 0.1) is 12.2 Å². The maximum absolute atomic E-state index is 11.6. The molecule has 0 bridgehead atoms. The van der Waals surface area contributed by atoms with Gasteiger partial charge in [-0.05, 0) is 26.0 Å². The molecule has 0 saturated carbocycles. The van der Waals surface area contributed by atoms with E-state index in [2.05, 4.69) is 0 Å². The van der Waals surface area contributed by atoms with Crippen molar-refractivity contribution in [3.05, 3.63) is 35.9 Å². The molecule has 0 radical (unpaired) electrons. The molecule has 0 aliphatic carbocycles. The van der Waals surface area contributed by atoms with Gasteiger partial charge in [-0.1, -0.05) is 18.2 Å². The average Bonchev–Trinajstić information content (AvgIpc) is 2.30. The Bertz CT molecular complexity index is 362. The van der Waals surface area contributed by atoms with Crippen LogP contribution in [-0.2, 0) is 9.47 Å². The minimum Gasteiger partial charge on any atom is -0.479 e. The Balaban J connectivity index is 2.55. The van der Waals surface area contributed by atoms with Crippen molar-refractivity contribution in [2.24, 2.45) is 0 Å². The summed E-state index contributed by atoms with van der Waals surface area (Å²) in [5.74, 6) is -0.482. The normalized spacial score (nSPS) is 11.6. The first-order chi connectivity index (χ1) is 7.65. The highest BCUT2D eigenvalue weighted by molar-refractivity contribution is 5.91. The second-order valence-electron chi connectivity index (χ2n) is 3.21. The smallest absolute Gasteiger partial charge is 0.338 e. The molecule has 1 N–H and O–H groups in total. The molecule has 0 fully saturated rings. The first-order valence-corrected chi connectivity index (χ1v) is 5.12. The molecule has 1 atom stereocenters. The second kappa shape index (κ2) is 5.90. The SMILES string of the molecule is CCOC(=N)C(C)OC(=O)c1ccccc1. The van der Waals surface area contributed by atoms with E-state index in [9.17, 15) is 4.79 Å². The molecule has 16 heavy (non-hydrogen) atoms. The summed E-state index contributed by atoms with van der Waals surface area (Å²) < 4.78 is 10.0. The Labute approximate surface area is 94.7 Å². The second-order valence-corrected chi connectivity index (χ2v) is 3.21. The zero-order valence-corrected chi connectivity index (χ0v) is 9.40. The van der Waals surface area contributed by atoms with Gasteiger partial charge in [0.25, 0.3) is 0 Å². The summed E-state index contributed by atoms with van der Waals surface area (Å²) in [6.07, 6.45) is -0.660. The lowest BCUT2D eigenvalue weighted by atomic mass is 10.2. The molecule has 1 aromatic carbocycles. The van der Waals surface area contributed by atoms with E-state index in [1.54, 1.807) is 38.1 Å². The standard InChI is InChI=1S/C12H15NO3/c1-3-15-11(13)9(2)16-12(14)10-7-5-4-6-8-10/h4-9,13H,3H2,1-2H3. The topological polar surface area (TPSA) is 59.4 Å². The average molecular weight is 221 g/mol. The third-order valence-corrected chi connectivity index (χ3v) is 1.96. The van der Waals surface area contributed by atoms with E-state index in [1.807, 2.05) is 6.07 Å². The first-order valence-electron chi connectivity index (χ1n) is 5.12. The molecular formula is C12H15NO3. The Hall–Kier alpha value is -1.84. The highest BCUT2D eigenvalue weighted by atomic mass is 16.6. The van der Waals surface area contributed by atoms with E-state index in [0.29, 0.717) is 12.2 Å². The maximum atomic E-state index is 11.6. The molecule has 0 amide bonds. The third kappa shape index (κ3) is 3.38. The molecule has 1 rings (SSSR count). The van der Waals surface area contributed by atoms with Gasteiger partial charge in [0.2, 0.25) is 5.90 Å². The molecule has 1 unspecified atom stereocenters. The molecule has 0 saturated heterocycles. The molecule has 86 valence electrons. The maximum Gasteiger partial charge on any atom is 0.338 e. The van der Waals surface area contributed by atoms with Gasteiger partial charge in [0.15, 0.2) is 6.10 Å². The Morgan fingerprint density at radius 2 is 2.00 bits per heavy atom. The number of hydrogen-bond donors (Lipinski definition) is 1. The van der Waals surface area contributed by atoms with Gasteiger partial charge >= 0.3 is 5.97 Å². The highest BCUT2D eigenvalue weighted by Gasteiger charge is 2.16. The van der Waals surface area contributed by atoms with Gasteiger partial charge in [0.1, 0.15) is 0 Å². The van der Waals surface area contributed by atoms with E-state index in [4.69, 9.17) is 14.9 Å². The van der Waals surface area contributed by atoms with Crippen LogP contribution in [-0.4, -0.2) is 24.6 Å². The van der Waals surface area contributed by atoms with Crippen molar-refractivity contribution in [2.75, 3.05) is 6.61 Å². The van der Waals surface area contributed by atoms with Crippen molar-refractivity contribution in [1.29, 1.82) is 5.41 Å². The molecule has 0 spiro atoms. The Morgan fingerprint density at radius 3 is 2.56 bits per heavy atom. The van der Waals surface area contributed by atoms with Gasteiger partial charge in [-0.3, -0.25) is 5.41 Å².